The average Bonchev–Trinajstić information content (AvgIpc) is 3.28. The number of halogens is 1. The van der Waals surface area contributed by atoms with E-state index in [1.807, 2.05) is 0 Å². The van der Waals surface area contributed by atoms with E-state index in [-0.39, 0.29) is 18.3 Å². The molecule has 0 spiro atoms. The molecule has 4 rings (SSSR count). The topological polar surface area (TPSA) is 106 Å². The molecule has 10 heteroatoms. The quantitative estimate of drug-likeness (QED) is 0.224. The summed E-state index contributed by atoms with van der Waals surface area (Å²) < 4.78 is 23.9. The molecule has 0 saturated heterocycles. The third-order valence-corrected chi connectivity index (χ3v) is 7.14. The highest BCUT2D eigenvalue weighted by Gasteiger charge is 2.27. The first kappa shape index (κ1) is 27.0. The molecule has 1 aliphatic carbocycles. The number of amides is 2. The first-order valence-corrected chi connectivity index (χ1v) is 13.2. The first-order valence-electron chi connectivity index (χ1n) is 12.3. The van der Waals surface area contributed by atoms with E-state index in [4.69, 9.17) is 9.47 Å². The lowest BCUT2D eigenvalue weighted by molar-refractivity contribution is -0.127. The van der Waals surface area contributed by atoms with Crippen LogP contribution in [-0.4, -0.2) is 36.7 Å². The number of nitrogens with zero attached hydrogens (tertiary/aromatic N) is 1. The summed E-state index contributed by atoms with van der Waals surface area (Å²) in [5, 5.41) is 7.24. The van der Waals surface area contributed by atoms with E-state index in [0.717, 1.165) is 36.1 Å². The molecule has 2 amide bonds. The molecule has 0 radical (unpaired) electrons. The van der Waals surface area contributed by atoms with Crippen molar-refractivity contribution < 1.29 is 28.2 Å². The van der Waals surface area contributed by atoms with Crippen LogP contribution in [0.5, 0.6) is 5.75 Å². The number of benzene rings is 2. The number of hydrazone groups is 1. The van der Waals surface area contributed by atoms with Gasteiger partial charge in [-0.25, -0.2) is 14.6 Å². The molecule has 1 aromatic heterocycles. The number of fused-ring (bicyclic) bond motifs is 1. The van der Waals surface area contributed by atoms with Crippen LogP contribution in [0.4, 0.5) is 9.39 Å². The van der Waals surface area contributed by atoms with Gasteiger partial charge in [0.25, 0.3) is 11.8 Å². The second-order valence-corrected chi connectivity index (χ2v) is 9.77. The van der Waals surface area contributed by atoms with Crippen molar-refractivity contribution in [3.63, 3.8) is 0 Å². The van der Waals surface area contributed by atoms with Gasteiger partial charge in [0.2, 0.25) is 0 Å². The van der Waals surface area contributed by atoms with E-state index >= 15 is 0 Å². The molecule has 1 heterocycles. The average molecular weight is 538 g/mol. The van der Waals surface area contributed by atoms with Gasteiger partial charge < -0.3 is 14.8 Å². The molecular weight excluding hydrogens is 509 g/mol. The maximum atomic E-state index is 13.0. The van der Waals surface area contributed by atoms with Gasteiger partial charge in [0.05, 0.1) is 18.4 Å². The monoisotopic (exact) mass is 537 g/mol. The van der Waals surface area contributed by atoms with E-state index in [1.165, 1.54) is 41.8 Å². The summed E-state index contributed by atoms with van der Waals surface area (Å²) >= 11 is 1.43. The van der Waals surface area contributed by atoms with Crippen molar-refractivity contribution in [2.45, 2.75) is 45.6 Å². The van der Waals surface area contributed by atoms with Crippen LogP contribution in [-0.2, 0) is 22.4 Å². The van der Waals surface area contributed by atoms with Gasteiger partial charge in [0.15, 0.2) is 6.10 Å². The van der Waals surface area contributed by atoms with Crippen LogP contribution in [0.2, 0.25) is 0 Å². The number of nitrogens with one attached hydrogen (secondary N) is 2. The van der Waals surface area contributed by atoms with Crippen molar-refractivity contribution in [2.75, 3.05) is 11.9 Å². The minimum Gasteiger partial charge on any atom is -0.481 e. The number of thiophene rings is 1. The highest BCUT2D eigenvalue weighted by molar-refractivity contribution is 7.17. The molecule has 8 nitrogen and oxygen atoms in total. The zero-order valence-corrected chi connectivity index (χ0v) is 21.9. The van der Waals surface area contributed by atoms with Gasteiger partial charge in [-0.15, -0.1) is 11.3 Å². The number of hydrogen-bond acceptors (Lipinski definition) is 7. The first-order chi connectivity index (χ1) is 18.4. The van der Waals surface area contributed by atoms with Crippen LogP contribution in [0.3, 0.4) is 0 Å². The van der Waals surface area contributed by atoms with Gasteiger partial charge in [0.1, 0.15) is 16.6 Å². The molecule has 0 unspecified atom stereocenters. The third kappa shape index (κ3) is 6.63. The number of aryl methyl sites for hydroxylation is 1. The Labute approximate surface area is 223 Å². The van der Waals surface area contributed by atoms with Crippen molar-refractivity contribution in [3.05, 3.63) is 81.5 Å². The Morgan fingerprint density at radius 2 is 1.79 bits per heavy atom. The van der Waals surface area contributed by atoms with Crippen LogP contribution < -0.4 is 15.5 Å². The van der Waals surface area contributed by atoms with Crippen molar-refractivity contribution >= 4 is 40.3 Å². The predicted octanol–water partition coefficient (Wildman–Crippen LogP) is 5.11. The molecule has 0 fully saturated rings. The fourth-order valence-corrected chi connectivity index (χ4v) is 5.27. The predicted molar refractivity (Wildman–Crippen MR) is 144 cm³/mol. The lowest BCUT2D eigenvalue weighted by Crippen LogP contribution is -2.33. The number of ether oxygens (including phenoxy) is 2. The highest BCUT2D eigenvalue weighted by Crippen LogP contribution is 2.38. The summed E-state index contributed by atoms with van der Waals surface area (Å²) in [7, 11) is 0. The van der Waals surface area contributed by atoms with Gasteiger partial charge in [-0.1, -0.05) is 12.1 Å². The second kappa shape index (κ2) is 12.5. The van der Waals surface area contributed by atoms with Gasteiger partial charge in [-0.2, -0.15) is 5.10 Å². The van der Waals surface area contributed by atoms with Crippen molar-refractivity contribution in [1.82, 2.24) is 5.43 Å². The maximum Gasteiger partial charge on any atom is 0.341 e. The molecule has 38 heavy (non-hydrogen) atoms. The van der Waals surface area contributed by atoms with E-state index in [1.54, 1.807) is 38.1 Å². The van der Waals surface area contributed by atoms with Gasteiger partial charge in [-0.3, -0.25) is 9.59 Å². The zero-order valence-electron chi connectivity index (χ0n) is 21.1. The number of rotatable bonds is 9. The van der Waals surface area contributed by atoms with Gasteiger partial charge >= 0.3 is 5.97 Å². The van der Waals surface area contributed by atoms with Crippen LogP contribution >= 0.6 is 11.3 Å². The molecule has 2 aromatic carbocycles. The van der Waals surface area contributed by atoms with E-state index in [2.05, 4.69) is 15.8 Å². The molecule has 0 bridgehead atoms. The third-order valence-electron chi connectivity index (χ3n) is 5.93. The standard InChI is InChI=1S/C28H28FN3O5S/c1-3-36-28(35)24-22-6-4-5-7-23(22)38-27(24)31-26(34)19-10-14-21(15-11-19)37-17(2)25(33)32-30-16-18-8-12-20(29)13-9-18/h8-17H,3-7H2,1-2H3,(H,31,34)(H,32,33)/b30-16-/t17-/m0/s1. The largest absolute Gasteiger partial charge is 0.481 e. The normalized spacial score (nSPS) is 13.4. The second-order valence-electron chi connectivity index (χ2n) is 8.66. The molecule has 0 aliphatic heterocycles. The summed E-state index contributed by atoms with van der Waals surface area (Å²) in [4.78, 5) is 39.0. The molecule has 3 aromatic rings. The Kier molecular flexibility index (Phi) is 8.85. The minimum atomic E-state index is -0.857. The fourth-order valence-electron chi connectivity index (χ4n) is 4.00. The SMILES string of the molecule is CCOC(=O)c1c(NC(=O)c2ccc(O[C@@H](C)C(=O)N/N=C\c3ccc(F)cc3)cc2)sc2c1CCCC2. The number of hydrogen-bond donors (Lipinski definition) is 2. The lowest BCUT2D eigenvalue weighted by atomic mass is 9.95. The molecule has 1 aliphatic rings. The highest BCUT2D eigenvalue weighted by atomic mass is 32.1. The van der Waals surface area contributed by atoms with Crippen LogP contribution in [0.25, 0.3) is 0 Å². The Balaban J connectivity index is 1.36. The van der Waals surface area contributed by atoms with Crippen molar-refractivity contribution in [2.24, 2.45) is 5.10 Å². The van der Waals surface area contributed by atoms with Gasteiger partial charge in [-0.05, 0) is 87.1 Å². The Hall–Kier alpha value is -4.05. The van der Waals surface area contributed by atoms with Crippen LogP contribution in [0, 0.1) is 5.82 Å². The molecule has 0 saturated carbocycles. The van der Waals surface area contributed by atoms with Crippen molar-refractivity contribution in [3.8, 4) is 5.75 Å². The van der Waals surface area contributed by atoms with Crippen LogP contribution in [0.15, 0.2) is 53.6 Å². The Morgan fingerprint density at radius 3 is 2.50 bits per heavy atom. The van der Waals surface area contributed by atoms with E-state index in [0.29, 0.717) is 27.4 Å². The van der Waals surface area contributed by atoms with Crippen molar-refractivity contribution in [1.29, 1.82) is 0 Å². The summed E-state index contributed by atoms with van der Waals surface area (Å²) in [6, 6.07) is 12.0. The Morgan fingerprint density at radius 1 is 1.08 bits per heavy atom. The van der Waals surface area contributed by atoms with Crippen LogP contribution in [0.1, 0.15) is 63.4 Å². The summed E-state index contributed by atoms with van der Waals surface area (Å²) in [5.41, 5.74) is 4.82. The number of carbonyl (C=O) groups is 3. The number of anilines is 1. The smallest absolute Gasteiger partial charge is 0.341 e. The zero-order chi connectivity index (χ0) is 27.1. The number of carbonyl (C=O) groups excluding carboxylic acids is 3. The van der Waals surface area contributed by atoms with E-state index < -0.39 is 18.0 Å². The van der Waals surface area contributed by atoms with E-state index in [9.17, 15) is 18.8 Å². The summed E-state index contributed by atoms with van der Waals surface area (Å²) in [5.74, 6) is -1.21. The summed E-state index contributed by atoms with van der Waals surface area (Å²) in [6.07, 6.45) is 4.28. The molecule has 2 N–H and O–H groups in total. The fraction of sp³-hybridized carbons (Fsp3) is 0.286. The molecule has 1 atom stereocenters. The van der Waals surface area contributed by atoms with Gasteiger partial charge in [0, 0.05) is 10.4 Å². The Bertz CT molecular complexity index is 1340. The molecular formula is C28H28FN3O5S. The minimum absolute atomic E-state index is 0.259. The lowest BCUT2D eigenvalue weighted by Gasteiger charge is -2.13. The maximum absolute atomic E-state index is 13.0. The molecule has 198 valence electrons. The number of esters is 1. The summed E-state index contributed by atoms with van der Waals surface area (Å²) in [6.45, 7) is 3.58.